The van der Waals surface area contributed by atoms with E-state index in [2.05, 4.69) is 11.6 Å². The molecule has 204 valence electrons. The van der Waals surface area contributed by atoms with E-state index in [1.807, 2.05) is 0 Å². The molecule has 2 nitrogen and oxygen atoms in total. The van der Waals surface area contributed by atoms with Crippen LogP contribution in [0.15, 0.2) is 0 Å². The molecule has 34 heavy (non-hydrogen) atoms. The predicted octanol–water partition coefficient (Wildman–Crippen LogP) is 6.96. The highest BCUT2D eigenvalue weighted by Gasteiger charge is 2.95. The van der Waals surface area contributed by atoms with E-state index in [9.17, 15) is 75.0 Å². The molecule has 0 heterocycles. The number of alkyl halides is 17. The molecule has 0 aliphatic rings. The minimum absolute atomic E-state index is 0.160. The molecule has 0 unspecified atom stereocenters. The number of carbonyl (C=O) groups is 1. The minimum Gasteiger partial charge on any atom is -0.351 e. The molecule has 0 aromatic rings. The lowest BCUT2D eigenvalue weighted by atomic mass is 9.89. The normalized spacial score (nSPS) is 15.5. The quantitative estimate of drug-likeness (QED) is 0.147. The molecule has 0 fully saturated rings. The molecule has 19 heteroatoms. The summed E-state index contributed by atoms with van der Waals surface area (Å²) in [7, 11) is 0. The predicted molar refractivity (Wildman–Crippen MR) is 82.6 cm³/mol. The molecule has 0 aliphatic carbocycles. The van der Waals surface area contributed by atoms with E-state index in [0.29, 0.717) is 12.8 Å². The Hall–Kier alpha value is -1.36. The van der Waals surface area contributed by atoms with Gasteiger partial charge in [-0.05, 0) is 18.0 Å². The summed E-state index contributed by atoms with van der Waals surface area (Å²) < 4.78 is 213. The molecule has 0 rings (SSSR count). The van der Waals surface area contributed by atoms with Gasteiger partial charge in [0.25, 0.3) is 5.91 Å². The van der Waals surface area contributed by atoms with Crippen LogP contribution < -0.4 is 5.32 Å². The number of unbranched alkanes of at least 4 members (excludes halogenated alkanes) is 3. The minimum atomic E-state index is -8.58. The maximum atomic E-state index is 13.6. The van der Waals surface area contributed by atoms with Gasteiger partial charge < -0.3 is 5.32 Å². The number of rotatable bonds is 13. The third kappa shape index (κ3) is 4.83. The zero-order valence-corrected chi connectivity index (χ0v) is 17.1. The Labute approximate surface area is 185 Å². The lowest BCUT2D eigenvalue weighted by molar-refractivity contribution is -0.446. The summed E-state index contributed by atoms with van der Waals surface area (Å²) >= 11 is 3.41. The van der Waals surface area contributed by atoms with Gasteiger partial charge in [0.15, 0.2) is 0 Å². The van der Waals surface area contributed by atoms with Crippen molar-refractivity contribution < 1.29 is 75.0 Å². The first-order valence-corrected chi connectivity index (χ1v) is 9.11. The van der Waals surface area contributed by atoms with Gasteiger partial charge in [0.05, 0.1) is 0 Å². The van der Waals surface area contributed by atoms with Gasteiger partial charge in [-0.1, -0.05) is 26.2 Å². The van der Waals surface area contributed by atoms with E-state index < -0.39 is 59.3 Å². The van der Waals surface area contributed by atoms with E-state index in [-0.39, 0.29) is 12.8 Å². The molecule has 0 aromatic heterocycles. The fourth-order valence-electron chi connectivity index (χ4n) is 2.17. The SMILES string of the molecule is CCCCCCNC(=O)C(F)(F)C(F)(F)C(F)(F)C(F)(F)C(F)(F)C(F)(F)C(F)(F)C(F)(F)Cl. The molecule has 0 saturated heterocycles. The van der Waals surface area contributed by atoms with Crippen LogP contribution in [0.4, 0.5) is 70.2 Å². The van der Waals surface area contributed by atoms with Gasteiger partial charge in [-0.15, -0.1) is 0 Å². The maximum Gasteiger partial charge on any atom is 0.393 e. The molecule has 0 aliphatic heterocycles. The molecule has 0 aromatic carbocycles. The molecule has 1 amide bonds. The van der Waals surface area contributed by atoms with Crippen molar-refractivity contribution in [3.05, 3.63) is 0 Å². The average molecular weight is 564 g/mol. The van der Waals surface area contributed by atoms with Crippen molar-refractivity contribution in [3.8, 4) is 0 Å². The van der Waals surface area contributed by atoms with Gasteiger partial charge in [-0.2, -0.15) is 70.2 Å². The van der Waals surface area contributed by atoms with Crippen molar-refractivity contribution in [2.75, 3.05) is 6.54 Å². The number of hydrogen-bond donors (Lipinski definition) is 1. The number of hydrogen-bond acceptors (Lipinski definition) is 1. The Morgan fingerprint density at radius 1 is 0.588 bits per heavy atom. The van der Waals surface area contributed by atoms with E-state index in [1.54, 1.807) is 6.92 Å². The van der Waals surface area contributed by atoms with Crippen LogP contribution in [0.2, 0.25) is 0 Å². The molecule has 0 bridgehead atoms. The number of carbonyl (C=O) groups excluding carboxylic acids is 1. The Balaban J connectivity index is 6.32. The van der Waals surface area contributed by atoms with Crippen LogP contribution in [0, 0.1) is 0 Å². The topological polar surface area (TPSA) is 29.1 Å². The van der Waals surface area contributed by atoms with Crippen molar-refractivity contribution in [2.24, 2.45) is 0 Å². The average Bonchev–Trinajstić information content (AvgIpc) is 2.65. The third-order valence-electron chi connectivity index (χ3n) is 4.32. The van der Waals surface area contributed by atoms with E-state index in [4.69, 9.17) is 0 Å². The smallest absolute Gasteiger partial charge is 0.351 e. The van der Waals surface area contributed by atoms with Gasteiger partial charge in [-0.25, -0.2) is 0 Å². The first-order chi connectivity index (χ1) is 14.7. The lowest BCUT2D eigenvalue weighted by Crippen LogP contribution is -2.75. The number of nitrogens with one attached hydrogen (secondary N) is 1. The van der Waals surface area contributed by atoms with Crippen LogP contribution in [0.3, 0.4) is 0 Å². The van der Waals surface area contributed by atoms with Crippen LogP contribution in [0.1, 0.15) is 32.6 Å². The standard InChI is InChI=1S/C15H14ClF16NO/c1-2-3-4-5-6-33-7(34)8(17,18)9(19,20)10(21,22)11(23,24)12(25,26)13(27,28)14(29,30)15(16,31)32/h2-6H2,1H3,(H,33,34). The first kappa shape index (κ1) is 32.6. The van der Waals surface area contributed by atoms with Gasteiger partial charge in [0, 0.05) is 6.54 Å². The van der Waals surface area contributed by atoms with Gasteiger partial charge in [-0.3, -0.25) is 4.79 Å². The Morgan fingerprint density at radius 3 is 1.29 bits per heavy atom. The maximum absolute atomic E-state index is 13.6. The molecule has 0 saturated carbocycles. The highest BCUT2D eigenvalue weighted by atomic mass is 35.5. The Bertz CT molecular complexity index is 718. The molecule has 0 atom stereocenters. The fraction of sp³-hybridized carbons (Fsp3) is 0.933. The summed E-state index contributed by atoms with van der Waals surface area (Å²) in [5.41, 5.74) is 0. The number of amides is 1. The molecule has 1 N–H and O–H groups in total. The highest BCUT2D eigenvalue weighted by Crippen LogP contribution is 2.64. The van der Waals surface area contributed by atoms with Crippen LogP contribution in [0.25, 0.3) is 0 Å². The summed E-state index contributed by atoms with van der Waals surface area (Å²) in [5, 5.41) is -5.93. The van der Waals surface area contributed by atoms with Crippen molar-refractivity contribution in [1.29, 1.82) is 0 Å². The van der Waals surface area contributed by atoms with Gasteiger partial charge >= 0.3 is 46.8 Å². The fourth-order valence-corrected chi connectivity index (χ4v) is 2.29. The van der Waals surface area contributed by atoms with Crippen molar-refractivity contribution >= 4 is 17.5 Å². The van der Waals surface area contributed by atoms with Crippen molar-refractivity contribution in [3.63, 3.8) is 0 Å². The largest absolute Gasteiger partial charge is 0.393 e. The summed E-state index contributed by atoms with van der Waals surface area (Å²) in [6.07, 6.45) is 0.854. The van der Waals surface area contributed by atoms with E-state index >= 15 is 0 Å². The summed E-state index contributed by atoms with van der Waals surface area (Å²) in [4.78, 5) is 11.2. The third-order valence-corrected chi connectivity index (χ3v) is 4.56. The lowest BCUT2D eigenvalue weighted by Gasteiger charge is -2.42. The highest BCUT2D eigenvalue weighted by molar-refractivity contribution is 6.22. The number of halogens is 17. The van der Waals surface area contributed by atoms with Crippen molar-refractivity contribution in [1.82, 2.24) is 5.32 Å². The van der Waals surface area contributed by atoms with Gasteiger partial charge in [0.1, 0.15) is 0 Å². The van der Waals surface area contributed by atoms with Crippen LogP contribution in [-0.2, 0) is 4.79 Å². The second-order valence-corrected chi connectivity index (χ2v) is 7.31. The Kier molecular flexibility index (Phi) is 9.21. The zero-order chi connectivity index (χ0) is 27.8. The van der Waals surface area contributed by atoms with E-state index in [0.717, 1.165) is 5.32 Å². The van der Waals surface area contributed by atoms with Gasteiger partial charge in [0.2, 0.25) is 0 Å². The summed E-state index contributed by atoms with van der Waals surface area (Å²) in [6, 6.07) is 0. The summed E-state index contributed by atoms with van der Waals surface area (Å²) in [5.74, 6) is -60.0. The summed E-state index contributed by atoms with van der Waals surface area (Å²) in [6.45, 7) is 0.705. The van der Waals surface area contributed by atoms with Crippen LogP contribution in [0.5, 0.6) is 0 Å². The molecular weight excluding hydrogens is 550 g/mol. The molecular formula is C15H14ClF16NO. The Morgan fingerprint density at radius 2 is 0.941 bits per heavy atom. The molecule has 0 spiro atoms. The zero-order valence-electron chi connectivity index (χ0n) is 16.4. The monoisotopic (exact) mass is 563 g/mol. The first-order valence-electron chi connectivity index (χ1n) is 8.73. The van der Waals surface area contributed by atoms with Crippen molar-refractivity contribution in [2.45, 2.75) is 79.4 Å². The second-order valence-electron chi connectivity index (χ2n) is 6.84. The van der Waals surface area contributed by atoms with Crippen LogP contribution >= 0.6 is 11.6 Å². The van der Waals surface area contributed by atoms with Crippen LogP contribution in [-0.4, -0.2) is 59.3 Å². The second kappa shape index (κ2) is 9.59. The van der Waals surface area contributed by atoms with E-state index in [1.165, 1.54) is 0 Å². The molecule has 0 radical (unpaired) electrons.